The average Bonchev–Trinajstić information content (AvgIpc) is 3.54. The van der Waals surface area contributed by atoms with Crippen LogP contribution in [0.1, 0.15) is 62.8 Å². The summed E-state index contributed by atoms with van der Waals surface area (Å²) >= 11 is -0.809. The van der Waals surface area contributed by atoms with Gasteiger partial charge in [0, 0.05) is 9.52 Å². The molecule has 0 amide bonds. The summed E-state index contributed by atoms with van der Waals surface area (Å²) in [5, 5.41) is 0. The number of benzene rings is 2. The third-order valence-corrected chi connectivity index (χ3v) is 14.9. The van der Waals surface area contributed by atoms with E-state index in [0.29, 0.717) is 21.4 Å². The average molecular weight is 615 g/mol. The minimum absolute atomic E-state index is 0. The smallest absolute Gasteiger partial charge is 1.00 e. The maximum atomic E-state index is 2.50. The van der Waals surface area contributed by atoms with Crippen LogP contribution < -0.4 is 24.8 Å². The Hall–Kier alpha value is -0.920. The fourth-order valence-corrected chi connectivity index (χ4v) is 11.2. The number of hydrogen-bond acceptors (Lipinski definition) is 0. The first-order valence-electron chi connectivity index (χ1n) is 13.1. The van der Waals surface area contributed by atoms with Gasteiger partial charge in [0.2, 0.25) is 0 Å². The first-order chi connectivity index (χ1) is 16.3. The van der Waals surface area contributed by atoms with Gasteiger partial charge in [-0.1, -0.05) is 24.9 Å². The van der Waals surface area contributed by atoms with Gasteiger partial charge >= 0.3 is 188 Å². The van der Waals surface area contributed by atoms with Crippen molar-refractivity contribution in [1.29, 1.82) is 0 Å². The molecule has 36 heavy (non-hydrogen) atoms. The molecule has 0 bridgehead atoms. The van der Waals surface area contributed by atoms with Crippen LogP contribution in [0.2, 0.25) is 12.1 Å². The molecule has 1 saturated heterocycles. The Labute approximate surface area is 246 Å². The predicted octanol–water partition coefficient (Wildman–Crippen LogP) is 2.49. The second kappa shape index (κ2) is 14.3. The summed E-state index contributed by atoms with van der Waals surface area (Å²) < 4.78 is 3.51. The summed E-state index contributed by atoms with van der Waals surface area (Å²) in [6, 6.07) is 21.2. The molecule has 2 atom stereocenters. The van der Waals surface area contributed by atoms with E-state index in [1.54, 1.807) is 42.6 Å². The second-order valence-corrected chi connectivity index (χ2v) is 15.8. The minimum Gasteiger partial charge on any atom is -1.00 e. The molecule has 2 aromatic rings. The summed E-state index contributed by atoms with van der Waals surface area (Å²) in [4.78, 5) is 0. The van der Waals surface area contributed by atoms with Gasteiger partial charge in [-0.15, -0.1) is 0 Å². The molecule has 0 nitrogen and oxygen atoms in total. The largest absolute Gasteiger partial charge is 1.00 e. The number of rotatable bonds is 4. The molecule has 4 heteroatoms. The zero-order valence-corrected chi connectivity index (χ0v) is 28.1. The van der Waals surface area contributed by atoms with Crippen molar-refractivity contribution in [2.45, 2.75) is 66.5 Å². The fraction of sp³-hybridized carbons (Fsp3) is 0.375. The summed E-state index contributed by atoms with van der Waals surface area (Å²) in [5.41, 5.74) is 11.5. The van der Waals surface area contributed by atoms with Crippen LogP contribution in [0, 0.1) is 25.7 Å². The molecule has 0 aromatic heterocycles. The number of aryl methyl sites for hydroxylation is 2. The van der Waals surface area contributed by atoms with E-state index in [1.165, 1.54) is 33.4 Å². The number of hydrogen-bond donors (Lipinski definition) is 0. The van der Waals surface area contributed by atoms with Gasteiger partial charge in [0.25, 0.3) is 0 Å². The second-order valence-electron chi connectivity index (χ2n) is 10.4. The Bertz CT molecular complexity index is 1090. The van der Waals surface area contributed by atoms with Gasteiger partial charge in [-0.05, 0) is 0 Å². The molecule has 2 aliphatic carbocycles. The Morgan fingerprint density at radius 1 is 0.667 bits per heavy atom. The zero-order chi connectivity index (χ0) is 24.2. The van der Waals surface area contributed by atoms with Crippen molar-refractivity contribution in [2.75, 3.05) is 0 Å². The molecule has 0 N–H and O–H groups in total. The molecule has 3 aliphatic rings. The Morgan fingerprint density at radius 3 is 1.42 bits per heavy atom. The third kappa shape index (κ3) is 7.35. The maximum absolute atomic E-state index is 2.50. The Morgan fingerprint density at radius 2 is 1.08 bits per heavy atom. The number of allylic oxidation sites excluding steroid dienone is 8. The van der Waals surface area contributed by atoms with Crippen molar-refractivity contribution >= 4 is 20.7 Å². The van der Waals surface area contributed by atoms with Gasteiger partial charge in [0.1, 0.15) is 0 Å². The van der Waals surface area contributed by atoms with Gasteiger partial charge in [-0.25, -0.2) is 0 Å². The van der Waals surface area contributed by atoms with E-state index in [9.17, 15) is 0 Å². The van der Waals surface area contributed by atoms with Crippen molar-refractivity contribution < 1.29 is 48.0 Å². The van der Waals surface area contributed by atoms with E-state index < -0.39 is 23.2 Å². The SMILES string of the molecule is C1CC[SiH2]C1.CC1=[C]([Zr+2][C]2=C(C)C(c3cccc(C)c3)=CC2C)C(C)C=C1c1cccc(C)c1.[Cl-].[Cl-]. The molecular weight excluding hydrogens is 575 g/mol. The van der Waals surface area contributed by atoms with Crippen molar-refractivity contribution in [3.05, 3.63) is 101 Å². The first kappa shape index (κ1) is 31.3. The van der Waals surface area contributed by atoms with Crippen LogP contribution in [0.3, 0.4) is 0 Å². The topological polar surface area (TPSA) is 0 Å². The van der Waals surface area contributed by atoms with Gasteiger partial charge in [0.05, 0.1) is 0 Å². The van der Waals surface area contributed by atoms with E-state index in [2.05, 4.69) is 102 Å². The monoisotopic (exact) mass is 612 g/mol. The molecule has 1 aliphatic heterocycles. The standard InChI is InChI=1S/2C14H15.C4H10Si.2ClH.Zr/c2*1-10-5-4-6-13(8-10)14-9-11(2)7-12(14)3;1-2-4-5-3-1;;;/h2*4-6,8-9,11H,1-3H3;1-5H2;2*1H;/q;;;;;+2/p-2. The summed E-state index contributed by atoms with van der Waals surface area (Å²) in [6.07, 6.45) is 8.13. The third-order valence-electron chi connectivity index (χ3n) is 7.54. The van der Waals surface area contributed by atoms with Crippen LogP contribution in [0.4, 0.5) is 0 Å². The predicted molar refractivity (Wildman–Crippen MR) is 149 cm³/mol. The molecule has 190 valence electrons. The Balaban J connectivity index is 0.000000584. The number of halogens is 2. The molecule has 2 unspecified atom stereocenters. The Kier molecular flexibility index (Phi) is 12.4. The molecule has 2 aromatic carbocycles. The molecule has 0 saturated carbocycles. The van der Waals surface area contributed by atoms with Crippen LogP contribution in [0.15, 0.2) is 78.4 Å². The summed E-state index contributed by atoms with van der Waals surface area (Å²) in [7, 11) is 0.543. The van der Waals surface area contributed by atoms with E-state index in [0.717, 1.165) is 0 Å². The normalized spacial score (nSPS) is 20.6. The molecule has 5 rings (SSSR count). The van der Waals surface area contributed by atoms with Crippen LogP contribution in [0.25, 0.3) is 11.1 Å². The molecule has 0 spiro atoms. The van der Waals surface area contributed by atoms with Crippen molar-refractivity contribution in [3.8, 4) is 0 Å². The van der Waals surface area contributed by atoms with Crippen molar-refractivity contribution in [1.82, 2.24) is 0 Å². The van der Waals surface area contributed by atoms with Crippen molar-refractivity contribution in [3.63, 3.8) is 0 Å². The quantitative estimate of drug-likeness (QED) is 0.465. The molecular formula is C32H40Cl2SiZr. The van der Waals surface area contributed by atoms with Crippen LogP contribution in [-0.4, -0.2) is 9.52 Å². The van der Waals surface area contributed by atoms with Gasteiger partial charge < -0.3 is 24.8 Å². The summed E-state index contributed by atoms with van der Waals surface area (Å²) in [5.74, 6) is 1.15. The van der Waals surface area contributed by atoms with Gasteiger partial charge in [-0.2, -0.15) is 0 Å². The summed E-state index contributed by atoms with van der Waals surface area (Å²) in [6.45, 7) is 13.9. The van der Waals surface area contributed by atoms with Gasteiger partial charge in [0.15, 0.2) is 0 Å². The fourth-order valence-electron chi connectivity index (χ4n) is 5.58. The van der Waals surface area contributed by atoms with E-state index in [4.69, 9.17) is 0 Å². The van der Waals surface area contributed by atoms with Crippen LogP contribution >= 0.6 is 0 Å². The zero-order valence-electron chi connectivity index (χ0n) is 22.7. The van der Waals surface area contributed by atoms with Crippen molar-refractivity contribution in [2.24, 2.45) is 11.8 Å². The minimum atomic E-state index is -0.809. The van der Waals surface area contributed by atoms with Crippen LogP contribution in [-0.2, 0) is 23.2 Å². The first-order valence-corrected chi connectivity index (χ1v) is 17.6. The van der Waals surface area contributed by atoms with E-state index in [1.807, 2.05) is 0 Å². The van der Waals surface area contributed by atoms with E-state index in [-0.39, 0.29) is 24.8 Å². The molecule has 1 heterocycles. The molecule has 0 radical (unpaired) electrons. The van der Waals surface area contributed by atoms with Crippen LogP contribution in [0.5, 0.6) is 0 Å². The molecule has 1 fully saturated rings. The van der Waals surface area contributed by atoms with Gasteiger partial charge in [-0.3, -0.25) is 0 Å². The maximum Gasteiger partial charge on any atom is -1.00 e. The van der Waals surface area contributed by atoms with E-state index >= 15 is 0 Å².